The van der Waals surface area contributed by atoms with Gasteiger partial charge in [-0.2, -0.15) is 0 Å². The summed E-state index contributed by atoms with van der Waals surface area (Å²) in [7, 11) is 1.94. The second kappa shape index (κ2) is 1.80. The van der Waals surface area contributed by atoms with Crippen LogP contribution in [0.1, 0.15) is 0 Å². The SMILES string of the molecule is C[NH2+]c1ccco1. The molecule has 0 atom stereocenters. The van der Waals surface area contributed by atoms with E-state index in [9.17, 15) is 0 Å². The zero-order chi connectivity index (χ0) is 5.11. The van der Waals surface area contributed by atoms with Crippen molar-refractivity contribution in [3.63, 3.8) is 0 Å². The van der Waals surface area contributed by atoms with E-state index in [0.717, 1.165) is 5.88 Å². The minimum Gasteiger partial charge on any atom is -0.421 e. The Labute approximate surface area is 42.1 Å². The number of nitrogens with two attached hydrogens (primary N) is 1. The second-order valence-corrected chi connectivity index (χ2v) is 1.30. The van der Waals surface area contributed by atoms with Crippen molar-refractivity contribution in [2.75, 3.05) is 7.05 Å². The quantitative estimate of drug-likeness (QED) is 0.530. The van der Waals surface area contributed by atoms with Crippen LogP contribution in [0.15, 0.2) is 22.8 Å². The predicted octanol–water partition coefficient (Wildman–Crippen LogP) is 0.104. The first-order valence-electron chi connectivity index (χ1n) is 2.26. The van der Waals surface area contributed by atoms with Crippen LogP contribution >= 0.6 is 0 Å². The van der Waals surface area contributed by atoms with Crippen molar-refractivity contribution in [3.8, 4) is 0 Å². The lowest BCUT2D eigenvalue weighted by atomic mass is 10.6. The molecule has 2 nitrogen and oxygen atoms in total. The topological polar surface area (TPSA) is 29.8 Å². The summed E-state index contributed by atoms with van der Waals surface area (Å²) in [4.78, 5) is 0. The molecule has 0 bridgehead atoms. The Kier molecular flexibility index (Phi) is 1.13. The molecule has 0 aliphatic heterocycles. The van der Waals surface area contributed by atoms with Crippen LogP contribution in [0.2, 0.25) is 0 Å². The van der Waals surface area contributed by atoms with Crippen LogP contribution in [0.5, 0.6) is 0 Å². The first-order valence-corrected chi connectivity index (χ1v) is 2.26. The van der Waals surface area contributed by atoms with E-state index in [-0.39, 0.29) is 0 Å². The maximum atomic E-state index is 4.93. The van der Waals surface area contributed by atoms with Crippen LogP contribution in [0, 0.1) is 0 Å². The molecular weight excluding hydrogens is 90.1 g/mol. The Morgan fingerprint density at radius 1 is 1.71 bits per heavy atom. The normalized spacial score (nSPS) is 9.29. The Bertz CT molecular complexity index is 123. The van der Waals surface area contributed by atoms with Gasteiger partial charge in [0.25, 0.3) is 5.88 Å². The van der Waals surface area contributed by atoms with Gasteiger partial charge in [-0.25, -0.2) is 0 Å². The van der Waals surface area contributed by atoms with Gasteiger partial charge in [-0.3, -0.25) is 5.32 Å². The summed E-state index contributed by atoms with van der Waals surface area (Å²) < 4.78 is 4.93. The van der Waals surface area contributed by atoms with Crippen LogP contribution in [0.25, 0.3) is 0 Å². The fourth-order valence-electron chi connectivity index (χ4n) is 0.456. The summed E-state index contributed by atoms with van der Waals surface area (Å²) in [5.41, 5.74) is 0. The van der Waals surface area contributed by atoms with Gasteiger partial charge in [-0.1, -0.05) is 0 Å². The molecule has 7 heavy (non-hydrogen) atoms. The van der Waals surface area contributed by atoms with E-state index in [1.807, 2.05) is 24.5 Å². The summed E-state index contributed by atoms with van der Waals surface area (Å²) >= 11 is 0. The van der Waals surface area contributed by atoms with Crippen molar-refractivity contribution >= 4 is 5.88 Å². The van der Waals surface area contributed by atoms with E-state index in [4.69, 9.17) is 4.42 Å². The van der Waals surface area contributed by atoms with E-state index >= 15 is 0 Å². The van der Waals surface area contributed by atoms with Gasteiger partial charge in [0.15, 0.2) is 0 Å². The fourth-order valence-corrected chi connectivity index (χ4v) is 0.456. The van der Waals surface area contributed by atoms with E-state index in [0.29, 0.717) is 0 Å². The molecule has 0 radical (unpaired) electrons. The predicted molar refractivity (Wildman–Crippen MR) is 26.2 cm³/mol. The van der Waals surface area contributed by atoms with Crippen LogP contribution < -0.4 is 5.32 Å². The van der Waals surface area contributed by atoms with Crippen molar-refractivity contribution in [2.45, 2.75) is 0 Å². The Morgan fingerprint density at radius 2 is 2.57 bits per heavy atom. The molecule has 38 valence electrons. The van der Waals surface area contributed by atoms with E-state index in [1.54, 1.807) is 6.26 Å². The minimum atomic E-state index is 0.931. The number of rotatable bonds is 1. The average molecular weight is 98.1 g/mol. The lowest BCUT2D eigenvalue weighted by Gasteiger charge is -1.78. The Balaban J connectivity index is 2.76. The van der Waals surface area contributed by atoms with Crippen LogP contribution in [0.3, 0.4) is 0 Å². The van der Waals surface area contributed by atoms with E-state index in [1.165, 1.54) is 0 Å². The Morgan fingerprint density at radius 3 is 2.86 bits per heavy atom. The van der Waals surface area contributed by atoms with Crippen LogP contribution in [0.4, 0.5) is 5.88 Å². The highest BCUT2D eigenvalue weighted by atomic mass is 16.3. The number of hydrogen-bond acceptors (Lipinski definition) is 1. The zero-order valence-corrected chi connectivity index (χ0v) is 4.22. The van der Waals surface area contributed by atoms with Crippen molar-refractivity contribution in [3.05, 3.63) is 18.4 Å². The zero-order valence-electron chi connectivity index (χ0n) is 4.22. The molecule has 2 heteroatoms. The van der Waals surface area contributed by atoms with E-state index in [2.05, 4.69) is 0 Å². The highest BCUT2D eigenvalue weighted by molar-refractivity contribution is 5.09. The molecule has 1 aromatic heterocycles. The van der Waals surface area contributed by atoms with Crippen molar-refractivity contribution < 1.29 is 9.73 Å². The highest BCUT2D eigenvalue weighted by Gasteiger charge is 1.88. The molecule has 0 aliphatic carbocycles. The molecule has 0 saturated heterocycles. The first kappa shape index (κ1) is 4.40. The molecule has 0 saturated carbocycles. The van der Waals surface area contributed by atoms with E-state index < -0.39 is 0 Å². The van der Waals surface area contributed by atoms with Crippen molar-refractivity contribution in [2.24, 2.45) is 0 Å². The van der Waals surface area contributed by atoms with Gasteiger partial charge in [-0.05, 0) is 6.07 Å². The third-order valence-corrected chi connectivity index (χ3v) is 0.828. The lowest BCUT2D eigenvalue weighted by Crippen LogP contribution is -2.72. The third-order valence-electron chi connectivity index (χ3n) is 0.828. The molecule has 0 spiro atoms. The maximum Gasteiger partial charge on any atom is 0.292 e. The third kappa shape index (κ3) is 0.810. The lowest BCUT2D eigenvalue weighted by molar-refractivity contribution is -0.553. The molecule has 1 rings (SSSR count). The molecule has 0 amide bonds. The monoisotopic (exact) mass is 98.1 g/mol. The van der Waals surface area contributed by atoms with Crippen molar-refractivity contribution in [1.29, 1.82) is 0 Å². The van der Waals surface area contributed by atoms with Crippen LogP contribution in [-0.2, 0) is 0 Å². The van der Waals surface area contributed by atoms with Gasteiger partial charge >= 0.3 is 0 Å². The fraction of sp³-hybridized carbons (Fsp3) is 0.200. The summed E-state index contributed by atoms with van der Waals surface area (Å²) in [5, 5.41) is 1.92. The van der Waals surface area contributed by atoms with Gasteiger partial charge in [0, 0.05) is 6.07 Å². The summed E-state index contributed by atoms with van der Waals surface area (Å²) in [6, 6.07) is 3.79. The average Bonchev–Trinajstić information content (AvgIpc) is 2.14. The van der Waals surface area contributed by atoms with Gasteiger partial charge in [0.1, 0.15) is 0 Å². The number of quaternary nitrogens is 1. The minimum absolute atomic E-state index is 0.931. The molecule has 2 N–H and O–H groups in total. The molecule has 1 aromatic rings. The summed E-state index contributed by atoms with van der Waals surface area (Å²) in [6.45, 7) is 0. The van der Waals surface area contributed by atoms with Gasteiger partial charge in [-0.15, -0.1) is 0 Å². The Hall–Kier alpha value is -0.760. The van der Waals surface area contributed by atoms with Gasteiger partial charge < -0.3 is 4.42 Å². The standard InChI is InChI=1S/C5H7NO/c1-6-5-3-2-4-7-5/h2-4,6H,1H3/p+1. The molecule has 1 heterocycles. The largest absolute Gasteiger partial charge is 0.421 e. The molecular formula is C5H8NO+. The number of furan rings is 1. The summed E-state index contributed by atoms with van der Waals surface area (Å²) in [5.74, 6) is 0.931. The number of hydrogen-bond donors (Lipinski definition) is 1. The molecule has 0 unspecified atom stereocenters. The molecule has 0 aliphatic rings. The van der Waals surface area contributed by atoms with Gasteiger partial charge in [0.05, 0.1) is 13.3 Å². The summed E-state index contributed by atoms with van der Waals surface area (Å²) in [6.07, 6.45) is 1.66. The van der Waals surface area contributed by atoms with Crippen molar-refractivity contribution in [1.82, 2.24) is 0 Å². The molecule has 0 fully saturated rings. The second-order valence-electron chi connectivity index (χ2n) is 1.30. The smallest absolute Gasteiger partial charge is 0.292 e. The first-order chi connectivity index (χ1) is 3.43. The van der Waals surface area contributed by atoms with Crippen LogP contribution in [-0.4, -0.2) is 7.05 Å². The maximum absolute atomic E-state index is 4.93. The molecule has 0 aromatic carbocycles. The van der Waals surface area contributed by atoms with Gasteiger partial charge in [0.2, 0.25) is 0 Å². The highest BCUT2D eigenvalue weighted by Crippen LogP contribution is 1.95.